The topological polar surface area (TPSA) is 38.3 Å². The van der Waals surface area contributed by atoms with Gasteiger partial charge in [0, 0.05) is 6.04 Å². The summed E-state index contributed by atoms with van der Waals surface area (Å²) in [5, 5.41) is 2.90. The van der Waals surface area contributed by atoms with E-state index in [4.69, 9.17) is 0 Å². The second-order valence-corrected chi connectivity index (χ2v) is 4.76. The second-order valence-electron chi connectivity index (χ2n) is 4.76. The number of ether oxygens (including phenoxy) is 1. The Bertz CT molecular complexity index is 229. The summed E-state index contributed by atoms with van der Waals surface area (Å²) in [4.78, 5) is 11.1. The highest BCUT2D eigenvalue weighted by Crippen LogP contribution is 2.49. The van der Waals surface area contributed by atoms with Crippen molar-refractivity contribution in [2.24, 2.45) is 17.8 Å². The Hall–Kier alpha value is -0.730. The zero-order valence-corrected chi connectivity index (χ0v) is 8.95. The van der Waals surface area contributed by atoms with Crippen LogP contribution in [-0.4, -0.2) is 19.2 Å². The number of nitrogens with one attached hydrogen (secondary N) is 1. The average Bonchev–Trinajstić information content (AvgIpc) is 2.78. The minimum Gasteiger partial charge on any atom is -0.453 e. The second kappa shape index (κ2) is 3.79. The van der Waals surface area contributed by atoms with Crippen LogP contribution < -0.4 is 5.32 Å². The number of hydrogen-bond donors (Lipinski definition) is 1. The van der Waals surface area contributed by atoms with Crippen LogP contribution in [0.4, 0.5) is 4.79 Å². The molecule has 4 atom stereocenters. The molecule has 3 nitrogen and oxygen atoms in total. The minimum atomic E-state index is -0.291. The monoisotopic (exact) mass is 197 g/mol. The Labute approximate surface area is 85.2 Å². The average molecular weight is 197 g/mol. The number of amides is 1. The van der Waals surface area contributed by atoms with Gasteiger partial charge in [0.05, 0.1) is 7.11 Å². The fourth-order valence-corrected chi connectivity index (χ4v) is 3.26. The Morgan fingerprint density at radius 2 is 2.21 bits per heavy atom. The molecule has 2 aliphatic carbocycles. The van der Waals surface area contributed by atoms with Crippen LogP contribution in [0.15, 0.2) is 0 Å². The standard InChI is InChI=1S/C11H19NO2/c1-7(12-11(13)14-2)10-6-8-3-4-9(10)5-8/h7-10H,3-6H2,1-2H3,(H,12,13)/t7-,8-,9-,10+/m1/s1. The number of rotatable bonds is 2. The highest BCUT2D eigenvalue weighted by Gasteiger charge is 2.42. The van der Waals surface area contributed by atoms with E-state index in [-0.39, 0.29) is 12.1 Å². The Morgan fingerprint density at radius 1 is 1.43 bits per heavy atom. The molecule has 0 aromatic heterocycles. The molecule has 0 heterocycles. The van der Waals surface area contributed by atoms with Crippen molar-refractivity contribution >= 4 is 6.09 Å². The zero-order valence-electron chi connectivity index (χ0n) is 8.95. The van der Waals surface area contributed by atoms with E-state index in [9.17, 15) is 4.79 Å². The van der Waals surface area contributed by atoms with Gasteiger partial charge in [-0.1, -0.05) is 6.42 Å². The summed E-state index contributed by atoms with van der Waals surface area (Å²) in [6, 6.07) is 0.276. The number of hydrogen-bond acceptors (Lipinski definition) is 2. The van der Waals surface area contributed by atoms with Crippen molar-refractivity contribution in [3.8, 4) is 0 Å². The lowest BCUT2D eigenvalue weighted by Gasteiger charge is -2.27. The lowest BCUT2D eigenvalue weighted by atomic mass is 9.84. The molecule has 0 saturated heterocycles. The van der Waals surface area contributed by atoms with Crippen molar-refractivity contribution in [3.05, 3.63) is 0 Å². The van der Waals surface area contributed by atoms with Crippen LogP contribution in [0.2, 0.25) is 0 Å². The van der Waals surface area contributed by atoms with Crippen molar-refractivity contribution in [1.82, 2.24) is 5.32 Å². The molecule has 14 heavy (non-hydrogen) atoms. The summed E-state index contributed by atoms with van der Waals surface area (Å²) >= 11 is 0. The summed E-state index contributed by atoms with van der Waals surface area (Å²) in [5.41, 5.74) is 0. The van der Waals surface area contributed by atoms with Crippen molar-refractivity contribution in [3.63, 3.8) is 0 Å². The quantitative estimate of drug-likeness (QED) is 0.736. The summed E-state index contributed by atoms with van der Waals surface area (Å²) in [7, 11) is 1.42. The normalized spacial score (nSPS) is 36.9. The molecule has 80 valence electrons. The molecule has 0 aliphatic heterocycles. The van der Waals surface area contributed by atoms with Gasteiger partial charge >= 0.3 is 6.09 Å². The van der Waals surface area contributed by atoms with Gasteiger partial charge in [0.2, 0.25) is 0 Å². The van der Waals surface area contributed by atoms with Crippen LogP contribution in [0.25, 0.3) is 0 Å². The van der Waals surface area contributed by atoms with Crippen molar-refractivity contribution in [1.29, 1.82) is 0 Å². The predicted octanol–water partition coefficient (Wildman–Crippen LogP) is 2.17. The molecule has 0 unspecified atom stereocenters. The van der Waals surface area contributed by atoms with E-state index in [1.807, 2.05) is 0 Å². The van der Waals surface area contributed by atoms with Crippen LogP contribution in [-0.2, 0) is 4.74 Å². The first kappa shape index (κ1) is 9.81. The van der Waals surface area contributed by atoms with E-state index < -0.39 is 0 Å². The lowest BCUT2D eigenvalue weighted by Crippen LogP contribution is -2.39. The summed E-state index contributed by atoms with van der Waals surface area (Å²) in [6.45, 7) is 2.10. The number of alkyl carbamates (subject to hydrolysis) is 1. The molecule has 0 aromatic rings. The molecule has 0 radical (unpaired) electrons. The maximum absolute atomic E-state index is 11.1. The molecular formula is C11H19NO2. The van der Waals surface area contributed by atoms with E-state index in [0.717, 1.165) is 11.8 Å². The van der Waals surface area contributed by atoms with Crippen LogP contribution in [0.3, 0.4) is 0 Å². The molecule has 1 N–H and O–H groups in total. The number of fused-ring (bicyclic) bond motifs is 2. The molecule has 1 amide bonds. The van der Waals surface area contributed by atoms with E-state index in [1.165, 1.54) is 32.8 Å². The van der Waals surface area contributed by atoms with Gasteiger partial charge in [0.15, 0.2) is 0 Å². The molecule has 2 rings (SSSR count). The predicted molar refractivity (Wildman–Crippen MR) is 53.9 cm³/mol. The van der Waals surface area contributed by atoms with E-state index >= 15 is 0 Å². The molecule has 0 aromatic carbocycles. The molecule has 2 aliphatic rings. The van der Waals surface area contributed by atoms with E-state index in [1.54, 1.807) is 0 Å². The Balaban J connectivity index is 1.86. The van der Waals surface area contributed by atoms with Crippen LogP contribution in [0, 0.1) is 17.8 Å². The fourth-order valence-electron chi connectivity index (χ4n) is 3.26. The minimum absolute atomic E-state index is 0.276. The highest BCUT2D eigenvalue weighted by atomic mass is 16.5. The smallest absolute Gasteiger partial charge is 0.407 e. The van der Waals surface area contributed by atoms with Crippen molar-refractivity contribution in [2.45, 2.75) is 38.6 Å². The largest absolute Gasteiger partial charge is 0.453 e. The maximum atomic E-state index is 11.1. The van der Waals surface area contributed by atoms with E-state index in [2.05, 4.69) is 17.0 Å². The maximum Gasteiger partial charge on any atom is 0.407 e. The molecule has 2 fully saturated rings. The fraction of sp³-hybridized carbons (Fsp3) is 0.909. The molecule has 3 heteroatoms. The molecule has 0 spiro atoms. The molecule has 2 saturated carbocycles. The van der Waals surface area contributed by atoms with Gasteiger partial charge in [-0.25, -0.2) is 4.79 Å². The number of carbonyl (C=O) groups is 1. The highest BCUT2D eigenvalue weighted by molar-refractivity contribution is 5.67. The third kappa shape index (κ3) is 1.72. The van der Waals surface area contributed by atoms with Gasteiger partial charge in [-0.05, 0) is 43.9 Å². The van der Waals surface area contributed by atoms with E-state index in [0.29, 0.717) is 5.92 Å². The van der Waals surface area contributed by atoms with Crippen molar-refractivity contribution < 1.29 is 9.53 Å². The Kier molecular flexibility index (Phi) is 2.66. The SMILES string of the molecule is COC(=O)N[C@H](C)[C@@H]1C[C@@H]2CC[C@@H]1C2. The third-order valence-corrected chi connectivity index (χ3v) is 3.97. The first-order valence-corrected chi connectivity index (χ1v) is 5.55. The number of carbonyl (C=O) groups excluding carboxylic acids is 1. The third-order valence-electron chi connectivity index (χ3n) is 3.97. The van der Waals surface area contributed by atoms with Gasteiger partial charge in [0.25, 0.3) is 0 Å². The summed E-state index contributed by atoms with van der Waals surface area (Å²) in [5.74, 6) is 2.48. The zero-order chi connectivity index (χ0) is 10.1. The van der Waals surface area contributed by atoms with Crippen LogP contribution in [0.5, 0.6) is 0 Å². The first-order chi connectivity index (χ1) is 6.70. The Morgan fingerprint density at radius 3 is 2.71 bits per heavy atom. The van der Waals surface area contributed by atoms with Crippen molar-refractivity contribution in [2.75, 3.05) is 7.11 Å². The first-order valence-electron chi connectivity index (χ1n) is 5.55. The molecule has 2 bridgehead atoms. The number of methoxy groups -OCH3 is 1. The van der Waals surface area contributed by atoms with Crippen LogP contribution in [0.1, 0.15) is 32.6 Å². The van der Waals surface area contributed by atoms with Gasteiger partial charge in [-0.3, -0.25) is 0 Å². The van der Waals surface area contributed by atoms with Gasteiger partial charge in [0.1, 0.15) is 0 Å². The molecular weight excluding hydrogens is 178 g/mol. The van der Waals surface area contributed by atoms with Gasteiger partial charge < -0.3 is 10.1 Å². The van der Waals surface area contributed by atoms with Gasteiger partial charge in [-0.15, -0.1) is 0 Å². The van der Waals surface area contributed by atoms with Crippen LogP contribution >= 0.6 is 0 Å². The van der Waals surface area contributed by atoms with Gasteiger partial charge in [-0.2, -0.15) is 0 Å². The summed E-state index contributed by atoms with van der Waals surface area (Å²) < 4.78 is 4.61. The lowest BCUT2D eigenvalue weighted by molar-refractivity contribution is 0.157. The summed E-state index contributed by atoms with van der Waals surface area (Å²) in [6.07, 6.45) is 5.17.